The predicted molar refractivity (Wildman–Crippen MR) is 119 cm³/mol. The molecule has 2 aromatic carbocycles. The fourth-order valence-electron chi connectivity index (χ4n) is 2.97. The van der Waals surface area contributed by atoms with E-state index in [0.717, 1.165) is 17.1 Å². The Balaban J connectivity index is 0.000000466. The number of ketones is 2. The van der Waals surface area contributed by atoms with E-state index in [9.17, 15) is 22.8 Å². The third kappa shape index (κ3) is 8.01. The quantitative estimate of drug-likeness (QED) is 0.209. The third-order valence-electron chi connectivity index (χ3n) is 4.91. The maximum atomic E-state index is 12.6. The fraction of sp³-hybridized carbons (Fsp3) is 0.208. The molecular weight excluding hydrogens is 487 g/mol. The number of benzene rings is 2. The van der Waals surface area contributed by atoms with Gasteiger partial charge in [-0.1, -0.05) is 30.3 Å². The number of ether oxygens (including phenoxy) is 1. The molecule has 3 rings (SSSR count). The van der Waals surface area contributed by atoms with Crippen LogP contribution >= 0.6 is 0 Å². The molecule has 0 atom stereocenters. The van der Waals surface area contributed by atoms with E-state index < -0.39 is 15.6 Å². The van der Waals surface area contributed by atoms with Gasteiger partial charge in [0.15, 0.2) is 33.1 Å². The van der Waals surface area contributed by atoms with Crippen LogP contribution in [0.1, 0.15) is 32.1 Å². The number of hydrogen-bond acceptors (Lipinski definition) is 6. The van der Waals surface area contributed by atoms with Gasteiger partial charge in [0.2, 0.25) is 0 Å². The van der Waals surface area contributed by atoms with E-state index in [2.05, 4.69) is 0 Å². The number of halogens is 3. The summed E-state index contributed by atoms with van der Waals surface area (Å²) in [5, 5.41) is 0. The highest BCUT2D eigenvalue weighted by molar-refractivity contribution is 7.86. The molecule has 0 aliphatic carbocycles. The predicted octanol–water partition coefficient (Wildman–Crippen LogP) is 3.42. The highest BCUT2D eigenvalue weighted by Gasteiger charge is 2.36. The molecule has 0 aliphatic heterocycles. The van der Waals surface area contributed by atoms with Gasteiger partial charge in [0.1, 0.15) is 12.8 Å². The molecule has 1 heterocycles. The van der Waals surface area contributed by atoms with Gasteiger partial charge < -0.3 is 9.29 Å². The molecule has 0 aliphatic rings. The van der Waals surface area contributed by atoms with E-state index in [-0.39, 0.29) is 18.0 Å². The lowest BCUT2D eigenvalue weighted by atomic mass is 10.0. The van der Waals surface area contributed by atoms with Crippen LogP contribution in [0.4, 0.5) is 13.2 Å². The summed E-state index contributed by atoms with van der Waals surface area (Å²) in [7, 11) is -2.60. The molecule has 0 spiro atoms. The molecule has 0 unspecified atom stereocenters. The average molecular weight is 510 g/mol. The van der Waals surface area contributed by atoms with Gasteiger partial charge in [0.05, 0.1) is 20.0 Å². The molecule has 186 valence electrons. The number of Topliss-reactive ketones (excluding diaryl/α,β-unsaturated/α-hetero) is 2. The van der Waals surface area contributed by atoms with Gasteiger partial charge in [0.25, 0.3) is 0 Å². The molecule has 1 aromatic heterocycles. The Morgan fingerprint density at radius 3 is 1.66 bits per heavy atom. The summed E-state index contributed by atoms with van der Waals surface area (Å²) >= 11 is 0. The highest BCUT2D eigenvalue weighted by atomic mass is 32.2. The summed E-state index contributed by atoms with van der Waals surface area (Å²) in [6, 6.07) is 22.1. The second-order valence-corrected chi connectivity index (χ2v) is 8.63. The molecule has 3 aromatic rings. The van der Waals surface area contributed by atoms with Crippen molar-refractivity contribution in [2.24, 2.45) is 7.05 Å². The molecule has 0 saturated heterocycles. The monoisotopic (exact) mass is 509 g/mol. The largest absolute Gasteiger partial charge is 0.741 e. The number of pyridine rings is 1. The molecule has 0 amide bonds. The number of aromatic nitrogens is 1. The van der Waals surface area contributed by atoms with Crippen molar-refractivity contribution in [1.82, 2.24) is 0 Å². The van der Waals surface area contributed by atoms with Gasteiger partial charge in [0, 0.05) is 23.3 Å². The Labute approximate surface area is 200 Å². The Morgan fingerprint density at radius 2 is 1.26 bits per heavy atom. The van der Waals surface area contributed by atoms with E-state index in [0.29, 0.717) is 17.5 Å². The zero-order valence-electron chi connectivity index (χ0n) is 18.8. The van der Waals surface area contributed by atoms with Crippen LogP contribution in [-0.4, -0.2) is 37.2 Å². The van der Waals surface area contributed by atoms with Gasteiger partial charge in [-0.3, -0.25) is 9.59 Å². The van der Waals surface area contributed by atoms with E-state index in [1.807, 2.05) is 60.1 Å². The van der Waals surface area contributed by atoms with Crippen LogP contribution < -0.4 is 9.30 Å². The van der Waals surface area contributed by atoms with Crippen LogP contribution in [0.25, 0.3) is 0 Å². The summed E-state index contributed by atoms with van der Waals surface area (Å²) in [6.45, 7) is 0. The third-order valence-corrected chi connectivity index (χ3v) is 5.48. The first-order chi connectivity index (χ1) is 16.3. The Morgan fingerprint density at radius 1 is 0.829 bits per heavy atom. The van der Waals surface area contributed by atoms with Gasteiger partial charge in [-0.2, -0.15) is 13.2 Å². The molecule has 35 heavy (non-hydrogen) atoms. The van der Waals surface area contributed by atoms with Crippen LogP contribution in [-0.2, 0) is 30.0 Å². The summed E-state index contributed by atoms with van der Waals surface area (Å²) in [5.74, 6) is 0.808. The summed E-state index contributed by atoms with van der Waals surface area (Å²) in [5.41, 5.74) is -2.57. The van der Waals surface area contributed by atoms with Crippen LogP contribution in [0.3, 0.4) is 0 Å². The number of carbonyl (C=O) groups excluding carboxylic acids is 2. The molecule has 0 radical (unpaired) electrons. The minimum Gasteiger partial charge on any atom is -0.741 e. The normalized spacial score (nSPS) is 11.3. The van der Waals surface area contributed by atoms with Crippen molar-refractivity contribution in [2.75, 3.05) is 7.11 Å². The van der Waals surface area contributed by atoms with Crippen molar-refractivity contribution in [1.29, 1.82) is 0 Å². The number of hydrogen-bond donors (Lipinski definition) is 0. The summed E-state index contributed by atoms with van der Waals surface area (Å²) < 4.78 is 66.0. The van der Waals surface area contributed by atoms with E-state index in [4.69, 9.17) is 17.7 Å². The van der Waals surface area contributed by atoms with Gasteiger partial charge in [-0.25, -0.2) is 13.0 Å². The van der Waals surface area contributed by atoms with Crippen LogP contribution in [0.2, 0.25) is 0 Å². The lowest BCUT2D eigenvalue weighted by molar-refractivity contribution is -0.685. The Bertz CT molecular complexity index is 1270. The topological polar surface area (TPSA) is 104 Å². The SMILES string of the molecule is COc1ccc(C(=O)Cc2cccc(CC(=O)c3ccccc3)[n+]2C)cc1.O=S(=O)([O-])C(F)(F)F. The van der Waals surface area contributed by atoms with Crippen molar-refractivity contribution in [2.45, 2.75) is 18.3 Å². The van der Waals surface area contributed by atoms with Crippen LogP contribution in [0.15, 0.2) is 72.8 Å². The number of alkyl halides is 3. The molecule has 7 nitrogen and oxygen atoms in total. The minimum absolute atomic E-state index is 0.0276. The van der Waals surface area contributed by atoms with Gasteiger partial charge >= 0.3 is 5.51 Å². The zero-order valence-corrected chi connectivity index (χ0v) is 19.6. The number of rotatable bonds is 7. The second-order valence-electron chi connectivity index (χ2n) is 7.26. The first kappa shape index (κ1) is 27.7. The van der Waals surface area contributed by atoms with E-state index in [1.165, 1.54) is 0 Å². The Hall–Kier alpha value is -3.57. The summed E-state index contributed by atoms with van der Waals surface area (Å²) in [6.07, 6.45) is 0.571. The lowest BCUT2D eigenvalue weighted by Gasteiger charge is -2.08. The molecule has 11 heteroatoms. The van der Waals surface area contributed by atoms with E-state index >= 15 is 0 Å². The molecule has 0 fully saturated rings. The number of methoxy groups -OCH3 is 1. The molecule has 0 N–H and O–H groups in total. The van der Waals surface area contributed by atoms with Gasteiger partial charge in [-0.15, -0.1) is 0 Å². The van der Waals surface area contributed by atoms with Crippen molar-refractivity contribution >= 4 is 21.7 Å². The second kappa shape index (κ2) is 11.7. The first-order valence-electron chi connectivity index (χ1n) is 10.1. The molecule has 0 bridgehead atoms. The molecular formula is C24H22F3NO6S. The highest BCUT2D eigenvalue weighted by Crippen LogP contribution is 2.20. The minimum atomic E-state index is -6.09. The maximum Gasteiger partial charge on any atom is 0.485 e. The molecule has 0 saturated carbocycles. The van der Waals surface area contributed by atoms with Gasteiger partial charge in [-0.05, 0) is 30.3 Å². The number of nitrogens with zero attached hydrogens (tertiary/aromatic N) is 1. The lowest BCUT2D eigenvalue weighted by Crippen LogP contribution is -2.40. The van der Waals surface area contributed by atoms with Crippen LogP contribution in [0.5, 0.6) is 5.75 Å². The smallest absolute Gasteiger partial charge is 0.485 e. The van der Waals surface area contributed by atoms with Crippen molar-refractivity contribution in [3.8, 4) is 5.75 Å². The zero-order chi connectivity index (χ0) is 26.2. The standard InChI is InChI=1S/C23H22NO3.CHF3O3S/c1-24-19(15-22(25)17-7-4-3-5-8-17)9-6-10-20(24)16-23(26)18-11-13-21(27-2)14-12-18;2-1(3,4)8(5,6)7/h3-14H,15-16H2,1-2H3;(H,5,6,7)/q+1;/p-1. The fourth-order valence-corrected chi connectivity index (χ4v) is 2.97. The maximum absolute atomic E-state index is 12.6. The Kier molecular flexibility index (Phi) is 9.26. The first-order valence-corrected chi connectivity index (χ1v) is 11.5. The number of carbonyl (C=O) groups is 2. The van der Waals surface area contributed by atoms with Crippen molar-refractivity contribution in [3.63, 3.8) is 0 Å². The van der Waals surface area contributed by atoms with Crippen LogP contribution in [0, 0.1) is 0 Å². The van der Waals surface area contributed by atoms with Crippen molar-refractivity contribution < 1.29 is 45.0 Å². The van der Waals surface area contributed by atoms with Crippen molar-refractivity contribution in [3.05, 3.63) is 95.3 Å². The average Bonchev–Trinajstić information content (AvgIpc) is 2.81. The van der Waals surface area contributed by atoms with E-state index in [1.54, 1.807) is 31.4 Å². The summed E-state index contributed by atoms with van der Waals surface area (Å²) in [4.78, 5) is 25.1.